The molecule has 1 saturated carbocycles. The van der Waals surface area contributed by atoms with Gasteiger partial charge in [0.05, 0.1) is 11.8 Å². The number of aliphatic hydroxyl groups is 1. The Hall–Kier alpha value is -0.960. The van der Waals surface area contributed by atoms with Crippen LogP contribution in [-0.4, -0.2) is 10.1 Å². The largest absolute Gasteiger partial charge is 0.385 e. The van der Waals surface area contributed by atoms with Crippen LogP contribution in [0.2, 0.25) is 0 Å². The van der Waals surface area contributed by atoms with E-state index >= 15 is 0 Å². The highest BCUT2D eigenvalue weighted by molar-refractivity contribution is 5.21. The smallest absolute Gasteiger partial charge is 0.141 e. The lowest BCUT2D eigenvalue weighted by molar-refractivity contribution is -0.0725. The fourth-order valence-corrected chi connectivity index (χ4v) is 3.07. The van der Waals surface area contributed by atoms with E-state index in [9.17, 15) is 9.50 Å². The molecule has 1 aliphatic rings. The van der Waals surface area contributed by atoms with E-state index < -0.39 is 5.60 Å². The van der Waals surface area contributed by atoms with Crippen molar-refractivity contribution in [3.8, 4) is 0 Å². The van der Waals surface area contributed by atoms with Crippen molar-refractivity contribution in [3.05, 3.63) is 29.8 Å². The fourth-order valence-electron chi connectivity index (χ4n) is 3.07. The number of nitrogens with zero attached hydrogens (tertiary/aromatic N) is 1. The minimum absolute atomic E-state index is 0.194. The number of pyridine rings is 1. The summed E-state index contributed by atoms with van der Waals surface area (Å²) in [7, 11) is 0. The van der Waals surface area contributed by atoms with Gasteiger partial charge in [0.1, 0.15) is 5.82 Å². The standard InChI is InChI=1S/C14H20FNO/c1-10(2)13-5-3-4-6-14(13,17)11-7-12(15)9-16-8-11/h7-10,13,17H,3-6H2,1-2H3. The second-order valence-corrected chi connectivity index (χ2v) is 5.41. The van der Waals surface area contributed by atoms with Crippen molar-refractivity contribution in [2.24, 2.45) is 11.8 Å². The van der Waals surface area contributed by atoms with Crippen molar-refractivity contribution in [1.29, 1.82) is 0 Å². The van der Waals surface area contributed by atoms with Crippen molar-refractivity contribution < 1.29 is 9.50 Å². The van der Waals surface area contributed by atoms with Crippen molar-refractivity contribution in [1.82, 2.24) is 4.98 Å². The van der Waals surface area contributed by atoms with Crippen LogP contribution >= 0.6 is 0 Å². The molecule has 0 aromatic carbocycles. The Labute approximate surface area is 102 Å². The molecule has 0 aliphatic heterocycles. The predicted octanol–water partition coefficient (Wildman–Crippen LogP) is 3.25. The minimum atomic E-state index is -0.901. The maximum Gasteiger partial charge on any atom is 0.141 e. The second kappa shape index (κ2) is 4.73. The van der Waals surface area contributed by atoms with Crippen LogP contribution in [0.4, 0.5) is 4.39 Å². The van der Waals surface area contributed by atoms with Crippen molar-refractivity contribution in [2.75, 3.05) is 0 Å². The molecule has 0 saturated heterocycles. The molecule has 1 aliphatic carbocycles. The van der Waals surface area contributed by atoms with E-state index in [1.54, 1.807) is 6.20 Å². The van der Waals surface area contributed by atoms with Gasteiger partial charge in [-0.3, -0.25) is 4.98 Å². The van der Waals surface area contributed by atoms with E-state index in [4.69, 9.17) is 0 Å². The molecule has 0 bridgehead atoms. The highest BCUT2D eigenvalue weighted by Crippen LogP contribution is 2.44. The molecule has 2 nitrogen and oxygen atoms in total. The van der Waals surface area contributed by atoms with Gasteiger partial charge in [-0.2, -0.15) is 0 Å². The van der Waals surface area contributed by atoms with E-state index in [0.717, 1.165) is 19.3 Å². The van der Waals surface area contributed by atoms with Gasteiger partial charge in [0.25, 0.3) is 0 Å². The van der Waals surface area contributed by atoms with E-state index in [0.29, 0.717) is 17.9 Å². The van der Waals surface area contributed by atoms with E-state index in [-0.39, 0.29) is 11.7 Å². The lowest BCUT2D eigenvalue weighted by Gasteiger charge is -2.42. The molecule has 1 aromatic heterocycles. The summed E-state index contributed by atoms with van der Waals surface area (Å²) in [5.74, 6) is 0.215. The maximum absolute atomic E-state index is 13.2. The van der Waals surface area contributed by atoms with Crippen LogP contribution in [-0.2, 0) is 5.60 Å². The molecule has 94 valence electrons. The first-order valence-corrected chi connectivity index (χ1v) is 6.37. The van der Waals surface area contributed by atoms with Gasteiger partial charge >= 0.3 is 0 Å². The van der Waals surface area contributed by atoms with Crippen LogP contribution in [0.3, 0.4) is 0 Å². The number of rotatable bonds is 2. The Kier molecular flexibility index (Phi) is 3.48. The highest BCUT2D eigenvalue weighted by atomic mass is 19.1. The normalized spacial score (nSPS) is 29.6. The molecule has 0 spiro atoms. The summed E-state index contributed by atoms with van der Waals surface area (Å²) < 4.78 is 13.2. The Morgan fingerprint density at radius 2 is 2.18 bits per heavy atom. The monoisotopic (exact) mass is 237 g/mol. The molecule has 1 heterocycles. The Balaban J connectivity index is 2.37. The first kappa shape index (κ1) is 12.5. The summed E-state index contributed by atoms with van der Waals surface area (Å²) in [5.41, 5.74) is -0.266. The van der Waals surface area contributed by atoms with Crippen molar-refractivity contribution in [2.45, 2.75) is 45.1 Å². The topological polar surface area (TPSA) is 33.1 Å². The van der Waals surface area contributed by atoms with E-state index in [2.05, 4.69) is 18.8 Å². The number of hydrogen-bond acceptors (Lipinski definition) is 2. The van der Waals surface area contributed by atoms with Gasteiger partial charge < -0.3 is 5.11 Å². The molecule has 1 fully saturated rings. The number of aromatic nitrogens is 1. The summed E-state index contributed by atoms with van der Waals surface area (Å²) in [6, 6.07) is 1.42. The van der Waals surface area contributed by atoms with Crippen LogP contribution < -0.4 is 0 Å². The van der Waals surface area contributed by atoms with E-state index in [1.807, 2.05) is 0 Å². The molecule has 17 heavy (non-hydrogen) atoms. The minimum Gasteiger partial charge on any atom is -0.385 e. The third-order valence-corrected chi connectivity index (χ3v) is 3.95. The summed E-state index contributed by atoms with van der Waals surface area (Å²) in [4.78, 5) is 3.86. The summed E-state index contributed by atoms with van der Waals surface area (Å²) in [6.45, 7) is 4.24. The van der Waals surface area contributed by atoms with Gasteiger partial charge in [-0.25, -0.2) is 4.39 Å². The van der Waals surface area contributed by atoms with Crippen LogP contribution in [0.1, 0.15) is 45.1 Å². The lowest BCUT2D eigenvalue weighted by atomic mass is 9.67. The number of halogens is 1. The Morgan fingerprint density at radius 1 is 1.41 bits per heavy atom. The van der Waals surface area contributed by atoms with E-state index in [1.165, 1.54) is 12.3 Å². The van der Waals surface area contributed by atoms with Gasteiger partial charge in [0, 0.05) is 11.8 Å². The molecule has 1 N–H and O–H groups in total. The van der Waals surface area contributed by atoms with Crippen LogP contribution in [0, 0.1) is 17.7 Å². The van der Waals surface area contributed by atoms with Gasteiger partial charge in [-0.15, -0.1) is 0 Å². The summed E-state index contributed by atoms with van der Waals surface area (Å²) in [5, 5.41) is 10.9. The van der Waals surface area contributed by atoms with Gasteiger partial charge in [0.15, 0.2) is 0 Å². The first-order valence-electron chi connectivity index (χ1n) is 6.37. The van der Waals surface area contributed by atoms with Gasteiger partial charge in [0.2, 0.25) is 0 Å². The molecule has 0 radical (unpaired) electrons. The third kappa shape index (κ3) is 2.34. The van der Waals surface area contributed by atoms with Crippen LogP contribution in [0.25, 0.3) is 0 Å². The molecule has 0 amide bonds. The van der Waals surface area contributed by atoms with Gasteiger partial charge in [-0.05, 0) is 30.7 Å². The SMILES string of the molecule is CC(C)C1CCCCC1(O)c1cncc(F)c1. The Morgan fingerprint density at radius 3 is 2.82 bits per heavy atom. The molecule has 2 unspecified atom stereocenters. The van der Waals surface area contributed by atoms with Crippen molar-refractivity contribution >= 4 is 0 Å². The average Bonchev–Trinajstić information content (AvgIpc) is 2.29. The van der Waals surface area contributed by atoms with Crippen LogP contribution in [0.15, 0.2) is 18.5 Å². The van der Waals surface area contributed by atoms with Gasteiger partial charge in [-0.1, -0.05) is 26.7 Å². The predicted molar refractivity (Wildman–Crippen MR) is 64.9 cm³/mol. The second-order valence-electron chi connectivity index (χ2n) is 5.41. The number of hydrogen-bond donors (Lipinski definition) is 1. The summed E-state index contributed by atoms with van der Waals surface area (Å²) in [6.07, 6.45) is 6.64. The molecular weight excluding hydrogens is 217 g/mol. The zero-order chi connectivity index (χ0) is 12.5. The quantitative estimate of drug-likeness (QED) is 0.856. The fraction of sp³-hybridized carbons (Fsp3) is 0.643. The summed E-state index contributed by atoms with van der Waals surface area (Å²) >= 11 is 0. The first-order chi connectivity index (χ1) is 8.04. The van der Waals surface area contributed by atoms with Crippen molar-refractivity contribution in [3.63, 3.8) is 0 Å². The molecule has 1 aromatic rings. The van der Waals surface area contributed by atoms with Crippen LogP contribution in [0.5, 0.6) is 0 Å². The average molecular weight is 237 g/mol. The molecule has 3 heteroatoms. The Bertz CT molecular complexity index is 394. The highest BCUT2D eigenvalue weighted by Gasteiger charge is 2.42. The third-order valence-electron chi connectivity index (χ3n) is 3.95. The lowest BCUT2D eigenvalue weighted by Crippen LogP contribution is -2.40. The molecular formula is C14H20FNO. The maximum atomic E-state index is 13.2. The molecule has 2 rings (SSSR count). The zero-order valence-electron chi connectivity index (χ0n) is 10.5. The molecule has 2 atom stereocenters. The zero-order valence-corrected chi connectivity index (χ0v) is 10.5.